The molecule has 1 aliphatic rings. The van der Waals surface area contributed by atoms with Crippen LogP contribution in [0.5, 0.6) is 0 Å². The molecule has 0 aromatic carbocycles. The monoisotopic (exact) mass is 345 g/mol. The Morgan fingerprint density at radius 3 is 2.92 bits per heavy atom. The van der Waals surface area contributed by atoms with Crippen LogP contribution in [-0.2, 0) is 4.74 Å². The van der Waals surface area contributed by atoms with Crippen LogP contribution in [0.2, 0.25) is 0 Å². The van der Waals surface area contributed by atoms with Gasteiger partial charge in [0.1, 0.15) is 11.0 Å². The lowest BCUT2D eigenvalue weighted by molar-refractivity contribution is 0.0509. The first-order valence-electron chi connectivity index (χ1n) is 7.95. The van der Waals surface area contributed by atoms with Crippen molar-refractivity contribution in [2.75, 3.05) is 0 Å². The number of nitrogens with zero attached hydrogens (tertiary/aromatic N) is 2. The van der Waals surface area contributed by atoms with Gasteiger partial charge in [0.2, 0.25) is 0 Å². The Kier molecular flexibility index (Phi) is 5.89. The number of carbonyl (C=O) groups is 1. The molecule has 5 nitrogen and oxygen atoms in total. The number of thioether (sulfide) groups is 1. The Balaban J connectivity index is 2.12. The lowest BCUT2D eigenvalue weighted by atomic mass is 9.82. The topological polar surface area (TPSA) is 75.0 Å². The highest BCUT2D eigenvalue weighted by Gasteiger charge is 2.26. The molecule has 1 N–H and O–H groups in total. The minimum absolute atomic E-state index is 0.0771. The summed E-state index contributed by atoms with van der Waals surface area (Å²) in [5.41, 5.74) is 1.82. The van der Waals surface area contributed by atoms with Crippen LogP contribution in [0.15, 0.2) is 35.0 Å². The van der Waals surface area contributed by atoms with Crippen LogP contribution in [0, 0.1) is 10.7 Å². The third-order valence-electron chi connectivity index (χ3n) is 3.71. The van der Waals surface area contributed by atoms with Gasteiger partial charge in [-0.1, -0.05) is 11.6 Å². The molecule has 0 spiro atoms. The van der Waals surface area contributed by atoms with E-state index in [2.05, 4.69) is 28.7 Å². The number of allylic oxidation sites excluding steroid dienone is 1. The van der Waals surface area contributed by atoms with E-state index in [1.165, 1.54) is 5.57 Å². The quantitative estimate of drug-likeness (QED) is 0.500. The smallest absolute Gasteiger partial charge is 0.408 e. The average Bonchev–Trinajstić information content (AvgIpc) is 2.45. The maximum absolute atomic E-state index is 12.0. The van der Waals surface area contributed by atoms with E-state index in [0.717, 1.165) is 35.1 Å². The average molecular weight is 345 g/mol. The van der Waals surface area contributed by atoms with E-state index in [0.29, 0.717) is 0 Å². The zero-order chi connectivity index (χ0) is 17.7. The second kappa shape index (κ2) is 7.71. The molecule has 0 aliphatic heterocycles. The Morgan fingerprint density at radius 1 is 1.50 bits per heavy atom. The molecule has 24 heavy (non-hydrogen) atoms. The summed E-state index contributed by atoms with van der Waals surface area (Å²) in [6.07, 6.45) is 6.85. The fourth-order valence-electron chi connectivity index (χ4n) is 2.92. The Labute approximate surface area is 147 Å². The minimum Gasteiger partial charge on any atom is -0.444 e. The standard InChI is InChI=1S/C18H23N3O2S/c1-12-7-13(15-5-6-20-10-16(15)24-11-19)9-14(8-12)21-17(22)23-18(2,3)4/h5-6,8,10,13-14H,7,9H2,1-4H3,(H,21,22). The molecule has 0 fully saturated rings. The fourth-order valence-corrected chi connectivity index (χ4v) is 3.48. The number of alkyl carbamates (subject to hydrolysis) is 1. The summed E-state index contributed by atoms with van der Waals surface area (Å²) in [5.74, 6) is 0.244. The number of amides is 1. The number of ether oxygens (including phenoxy) is 1. The first-order valence-corrected chi connectivity index (χ1v) is 8.77. The largest absolute Gasteiger partial charge is 0.444 e. The maximum atomic E-state index is 12.0. The van der Waals surface area contributed by atoms with Gasteiger partial charge in [0, 0.05) is 17.3 Å². The molecule has 6 heteroatoms. The van der Waals surface area contributed by atoms with Gasteiger partial charge >= 0.3 is 6.09 Å². The van der Waals surface area contributed by atoms with Crippen molar-refractivity contribution in [1.29, 1.82) is 5.26 Å². The summed E-state index contributed by atoms with van der Waals surface area (Å²) in [4.78, 5) is 17.0. The van der Waals surface area contributed by atoms with Gasteiger partial charge in [0.15, 0.2) is 0 Å². The number of rotatable bonds is 3. The molecule has 0 radical (unpaired) electrons. The van der Waals surface area contributed by atoms with Crippen LogP contribution < -0.4 is 5.32 Å². The normalized spacial score (nSPS) is 20.7. The number of pyridine rings is 1. The molecule has 1 aromatic rings. The number of aromatic nitrogens is 1. The molecule has 2 rings (SSSR count). The lowest BCUT2D eigenvalue weighted by Crippen LogP contribution is -2.40. The molecular formula is C18H23N3O2S. The molecule has 1 aromatic heterocycles. The zero-order valence-electron chi connectivity index (χ0n) is 14.5. The van der Waals surface area contributed by atoms with Crippen molar-refractivity contribution < 1.29 is 9.53 Å². The molecule has 0 saturated heterocycles. The number of nitrogens with one attached hydrogen (secondary N) is 1. The minimum atomic E-state index is -0.515. The number of nitriles is 1. The molecule has 0 saturated carbocycles. The van der Waals surface area contributed by atoms with E-state index in [4.69, 9.17) is 10.00 Å². The van der Waals surface area contributed by atoms with E-state index < -0.39 is 11.7 Å². The molecule has 2 atom stereocenters. The van der Waals surface area contributed by atoms with E-state index in [1.54, 1.807) is 12.4 Å². The SMILES string of the molecule is CC1=CC(NC(=O)OC(C)(C)C)CC(c2ccncc2SC#N)C1. The van der Waals surface area contributed by atoms with E-state index >= 15 is 0 Å². The van der Waals surface area contributed by atoms with Gasteiger partial charge in [-0.15, -0.1) is 0 Å². The second-order valence-electron chi connectivity index (χ2n) is 7.01. The van der Waals surface area contributed by atoms with Gasteiger partial charge < -0.3 is 10.1 Å². The van der Waals surface area contributed by atoms with Gasteiger partial charge in [0.05, 0.1) is 6.04 Å². The van der Waals surface area contributed by atoms with Crippen molar-refractivity contribution in [2.45, 2.75) is 63.0 Å². The van der Waals surface area contributed by atoms with Crippen molar-refractivity contribution in [2.24, 2.45) is 0 Å². The van der Waals surface area contributed by atoms with Gasteiger partial charge in [0.25, 0.3) is 0 Å². The number of carbonyl (C=O) groups excluding carboxylic acids is 1. The van der Waals surface area contributed by atoms with E-state index in [-0.39, 0.29) is 12.0 Å². The third kappa shape index (κ3) is 5.27. The van der Waals surface area contributed by atoms with Crippen LogP contribution in [0.4, 0.5) is 4.79 Å². The van der Waals surface area contributed by atoms with E-state index in [1.807, 2.05) is 26.8 Å². The van der Waals surface area contributed by atoms with Crippen LogP contribution in [0.3, 0.4) is 0 Å². The highest BCUT2D eigenvalue weighted by atomic mass is 32.2. The Hall–Kier alpha value is -2.00. The van der Waals surface area contributed by atoms with Crippen LogP contribution in [0.1, 0.15) is 52.0 Å². The van der Waals surface area contributed by atoms with Crippen LogP contribution in [0.25, 0.3) is 0 Å². The Morgan fingerprint density at radius 2 is 2.25 bits per heavy atom. The molecule has 1 amide bonds. The van der Waals surface area contributed by atoms with Gasteiger partial charge in [-0.3, -0.25) is 4.98 Å². The summed E-state index contributed by atoms with van der Waals surface area (Å²) in [6, 6.07) is 1.89. The van der Waals surface area contributed by atoms with Crippen molar-refractivity contribution in [3.8, 4) is 5.40 Å². The summed E-state index contributed by atoms with van der Waals surface area (Å²) in [7, 11) is 0. The molecule has 1 heterocycles. The second-order valence-corrected chi connectivity index (χ2v) is 7.84. The molecule has 1 aliphatic carbocycles. The van der Waals surface area contributed by atoms with Crippen molar-refractivity contribution in [3.05, 3.63) is 35.7 Å². The first-order chi connectivity index (χ1) is 11.3. The van der Waals surface area contributed by atoms with Crippen molar-refractivity contribution in [3.63, 3.8) is 0 Å². The van der Waals surface area contributed by atoms with Gasteiger partial charge in [-0.25, -0.2) is 4.79 Å². The first kappa shape index (κ1) is 18.3. The van der Waals surface area contributed by atoms with Gasteiger partial charge in [-0.2, -0.15) is 5.26 Å². The number of hydrogen-bond acceptors (Lipinski definition) is 5. The van der Waals surface area contributed by atoms with Gasteiger partial charge in [-0.05, 0) is 69.8 Å². The van der Waals surface area contributed by atoms with Crippen molar-refractivity contribution in [1.82, 2.24) is 10.3 Å². The van der Waals surface area contributed by atoms with Crippen molar-refractivity contribution >= 4 is 17.9 Å². The zero-order valence-corrected chi connectivity index (χ0v) is 15.3. The van der Waals surface area contributed by atoms with Crippen LogP contribution >= 0.6 is 11.8 Å². The molecule has 2 unspecified atom stereocenters. The lowest BCUT2D eigenvalue weighted by Gasteiger charge is -2.30. The summed E-state index contributed by atoms with van der Waals surface area (Å²) < 4.78 is 5.34. The molecule has 0 bridgehead atoms. The van der Waals surface area contributed by atoms with E-state index in [9.17, 15) is 4.79 Å². The Bertz CT molecular complexity index is 674. The summed E-state index contributed by atoms with van der Waals surface area (Å²) in [5, 5.41) is 14.0. The molecular weight excluding hydrogens is 322 g/mol. The highest BCUT2D eigenvalue weighted by Crippen LogP contribution is 2.37. The summed E-state index contributed by atoms with van der Waals surface area (Å²) in [6.45, 7) is 7.60. The predicted octanol–water partition coefficient (Wildman–Crippen LogP) is 4.37. The number of hydrogen-bond donors (Lipinski definition) is 1. The molecule has 128 valence electrons. The predicted molar refractivity (Wildman–Crippen MR) is 94.6 cm³/mol. The third-order valence-corrected chi connectivity index (χ3v) is 4.36. The van der Waals surface area contributed by atoms with Crippen LogP contribution in [-0.4, -0.2) is 22.7 Å². The maximum Gasteiger partial charge on any atom is 0.408 e. The highest BCUT2D eigenvalue weighted by molar-refractivity contribution is 8.03. The summed E-state index contributed by atoms with van der Waals surface area (Å²) >= 11 is 1.13. The fraction of sp³-hybridized carbons (Fsp3) is 0.500. The number of thiocyanates is 1.